The van der Waals surface area contributed by atoms with Gasteiger partial charge >= 0.3 is 5.97 Å². The summed E-state index contributed by atoms with van der Waals surface area (Å²) in [4.78, 5) is 12.1. The molecule has 0 N–H and O–H groups in total. The third-order valence-electron chi connectivity index (χ3n) is 5.38. The summed E-state index contributed by atoms with van der Waals surface area (Å²) in [6.45, 7) is 0. The van der Waals surface area contributed by atoms with Gasteiger partial charge in [-0.3, -0.25) is 4.79 Å². The van der Waals surface area contributed by atoms with Gasteiger partial charge in [0.2, 0.25) is 0 Å². The maximum atomic E-state index is 12.1. The van der Waals surface area contributed by atoms with E-state index in [9.17, 15) is 4.79 Å². The Balaban J connectivity index is 1.79. The van der Waals surface area contributed by atoms with Crippen molar-refractivity contribution in [2.75, 3.05) is 0 Å². The van der Waals surface area contributed by atoms with Crippen molar-refractivity contribution in [2.24, 2.45) is 23.7 Å². The maximum absolute atomic E-state index is 12.1. The Morgan fingerprint density at radius 2 is 1.81 bits per heavy atom. The fourth-order valence-corrected chi connectivity index (χ4v) is 4.78. The number of hydrogen-bond acceptors (Lipinski definition) is 2. The Bertz CT molecular complexity index is 365. The monoisotopic (exact) mass is 218 g/mol. The van der Waals surface area contributed by atoms with Crippen LogP contribution in [0, 0.1) is 23.7 Å². The third-order valence-corrected chi connectivity index (χ3v) is 5.38. The molecule has 86 valence electrons. The molecule has 4 aliphatic carbocycles. The van der Waals surface area contributed by atoms with E-state index in [-0.39, 0.29) is 17.5 Å². The number of carbonyl (C=O) groups is 1. The normalized spacial score (nSPS) is 47.4. The van der Waals surface area contributed by atoms with Crippen LogP contribution in [-0.2, 0) is 9.53 Å². The second kappa shape index (κ2) is 2.91. The molecule has 1 heterocycles. The minimum absolute atomic E-state index is 0.0458. The van der Waals surface area contributed by atoms with E-state index in [1.54, 1.807) is 0 Å². The first kappa shape index (κ1) is 9.26. The SMILES string of the molecule is O=C1OC2(CCCC2)[C@H]2[C@@H]1[C@H]1C=C[C@@H]2CC1. The molecular formula is C14H18O2. The first-order valence-electron chi connectivity index (χ1n) is 6.71. The van der Waals surface area contributed by atoms with Crippen LogP contribution in [0.25, 0.3) is 0 Å². The molecule has 4 atom stereocenters. The van der Waals surface area contributed by atoms with Crippen molar-refractivity contribution in [3.63, 3.8) is 0 Å². The summed E-state index contributed by atoms with van der Waals surface area (Å²) in [6, 6.07) is 0. The van der Waals surface area contributed by atoms with Crippen LogP contribution < -0.4 is 0 Å². The van der Waals surface area contributed by atoms with Crippen molar-refractivity contribution >= 4 is 5.97 Å². The lowest BCUT2D eigenvalue weighted by Gasteiger charge is -2.43. The van der Waals surface area contributed by atoms with Crippen LogP contribution in [0.15, 0.2) is 12.2 Å². The largest absolute Gasteiger partial charge is 0.458 e. The van der Waals surface area contributed by atoms with Gasteiger partial charge in [0.05, 0.1) is 5.92 Å². The van der Waals surface area contributed by atoms with E-state index in [1.807, 2.05) is 0 Å². The van der Waals surface area contributed by atoms with Crippen molar-refractivity contribution in [3.8, 4) is 0 Å². The van der Waals surface area contributed by atoms with Gasteiger partial charge < -0.3 is 4.74 Å². The number of esters is 1. The fourth-order valence-electron chi connectivity index (χ4n) is 4.78. The molecule has 0 unspecified atom stereocenters. The molecule has 0 aromatic rings. The van der Waals surface area contributed by atoms with E-state index >= 15 is 0 Å². The number of carbonyl (C=O) groups excluding carboxylic acids is 1. The Hall–Kier alpha value is -0.790. The first-order valence-corrected chi connectivity index (χ1v) is 6.71. The quantitative estimate of drug-likeness (QED) is 0.461. The standard InChI is InChI=1S/C14H18O2/c15-13-11-9-3-5-10(6-4-9)12(11)14(16-13)7-1-2-8-14/h3,5,9-12H,1-2,4,6-8H2/t9-,10+,11-,12+/m0/s1. The Kier molecular flexibility index (Phi) is 1.68. The van der Waals surface area contributed by atoms with Crippen LogP contribution in [0.1, 0.15) is 38.5 Å². The van der Waals surface area contributed by atoms with E-state index in [4.69, 9.17) is 4.74 Å². The van der Waals surface area contributed by atoms with Gasteiger partial charge in [-0.2, -0.15) is 0 Å². The molecule has 0 aromatic carbocycles. The summed E-state index contributed by atoms with van der Waals surface area (Å²) in [5, 5.41) is 0. The zero-order valence-corrected chi connectivity index (χ0v) is 9.52. The molecule has 2 saturated carbocycles. The van der Waals surface area contributed by atoms with Crippen LogP contribution in [0.4, 0.5) is 0 Å². The van der Waals surface area contributed by atoms with Crippen molar-refractivity contribution < 1.29 is 9.53 Å². The summed E-state index contributed by atoms with van der Waals surface area (Å²) in [5.41, 5.74) is -0.0458. The lowest BCUT2D eigenvalue weighted by atomic mass is 9.58. The van der Waals surface area contributed by atoms with Crippen molar-refractivity contribution in [3.05, 3.63) is 12.2 Å². The van der Waals surface area contributed by atoms with E-state index in [0.717, 1.165) is 12.8 Å². The molecule has 2 heteroatoms. The van der Waals surface area contributed by atoms with E-state index < -0.39 is 0 Å². The number of hydrogen-bond donors (Lipinski definition) is 0. The molecule has 0 amide bonds. The highest BCUT2D eigenvalue weighted by Gasteiger charge is 2.62. The van der Waals surface area contributed by atoms with E-state index in [0.29, 0.717) is 17.8 Å². The van der Waals surface area contributed by atoms with Gasteiger partial charge in [0.15, 0.2) is 0 Å². The fraction of sp³-hybridized carbons (Fsp3) is 0.786. The zero-order valence-electron chi connectivity index (χ0n) is 9.52. The lowest BCUT2D eigenvalue weighted by Crippen LogP contribution is -2.44. The van der Waals surface area contributed by atoms with Crippen LogP contribution >= 0.6 is 0 Å². The Labute approximate surface area is 96.0 Å². The summed E-state index contributed by atoms with van der Waals surface area (Å²) in [7, 11) is 0. The Morgan fingerprint density at radius 1 is 1.12 bits per heavy atom. The average Bonchev–Trinajstić information content (AvgIpc) is 2.89. The van der Waals surface area contributed by atoms with Crippen molar-refractivity contribution in [1.29, 1.82) is 0 Å². The van der Waals surface area contributed by atoms with E-state index in [2.05, 4.69) is 12.2 Å². The number of ether oxygens (including phenoxy) is 1. The topological polar surface area (TPSA) is 26.3 Å². The van der Waals surface area contributed by atoms with Gasteiger partial charge in [0.1, 0.15) is 5.60 Å². The molecule has 1 saturated heterocycles. The average molecular weight is 218 g/mol. The van der Waals surface area contributed by atoms with Gasteiger partial charge in [0.25, 0.3) is 0 Å². The second-order valence-corrected chi connectivity index (χ2v) is 6.03. The van der Waals surface area contributed by atoms with Gasteiger partial charge in [-0.15, -0.1) is 0 Å². The first-order chi connectivity index (χ1) is 7.80. The van der Waals surface area contributed by atoms with Gasteiger partial charge in [-0.05, 0) is 50.4 Å². The van der Waals surface area contributed by atoms with E-state index in [1.165, 1.54) is 25.7 Å². The van der Waals surface area contributed by atoms with Crippen molar-refractivity contribution in [2.45, 2.75) is 44.1 Å². The van der Waals surface area contributed by atoms with Crippen LogP contribution in [0.5, 0.6) is 0 Å². The molecule has 16 heavy (non-hydrogen) atoms. The van der Waals surface area contributed by atoms with Gasteiger partial charge in [-0.25, -0.2) is 0 Å². The Morgan fingerprint density at radius 3 is 2.50 bits per heavy atom. The van der Waals surface area contributed by atoms with Crippen molar-refractivity contribution in [1.82, 2.24) is 0 Å². The minimum atomic E-state index is -0.0458. The molecule has 2 nitrogen and oxygen atoms in total. The molecule has 3 fully saturated rings. The highest BCUT2D eigenvalue weighted by molar-refractivity contribution is 5.77. The minimum Gasteiger partial charge on any atom is -0.458 e. The molecular weight excluding hydrogens is 200 g/mol. The van der Waals surface area contributed by atoms with Crippen LogP contribution in [0.2, 0.25) is 0 Å². The summed E-state index contributed by atoms with van der Waals surface area (Å²) in [6.07, 6.45) is 11.9. The molecule has 2 bridgehead atoms. The molecule has 0 aromatic heterocycles. The van der Waals surface area contributed by atoms with Gasteiger partial charge in [0, 0.05) is 5.92 Å². The summed E-state index contributed by atoms with van der Waals surface area (Å²) >= 11 is 0. The molecule has 1 aliphatic heterocycles. The van der Waals surface area contributed by atoms with Crippen LogP contribution in [0.3, 0.4) is 0 Å². The third kappa shape index (κ3) is 0.964. The highest BCUT2D eigenvalue weighted by atomic mass is 16.6. The predicted molar refractivity (Wildman–Crippen MR) is 59.6 cm³/mol. The molecule has 0 radical (unpaired) electrons. The zero-order chi connectivity index (χ0) is 10.8. The smallest absolute Gasteiger partial charge is 0.310 e. The summed E-state index contributed by atoms with van der Waals surface area (Å²) in [5.74, 6) is 1.96. The van der Waals surface area contributed by atoms with Crippen LogP contribution in [-0.4, -0.2) is 11.6 Å². The molecule has 1 spiro atoms. The second-order valence-electron chi connectivity index (χ2n) is 6.03. The molecule has 5 aliphatic rings. The number of fused-ring (bicyclic) bond motifs is 1. The number of rotatable bonds is 0. The molecule has 5 rings (SSSR count). The highest BCUT2D eigenvalue weighted by Crippen LogP contribution is 2.59. The summed E-state index contributed by atoms with van der Waals surface area (Å²) < 4.78 is 5.86. The maximum Gasteiger partial charge on any atom is 0.310 e. The predicted octanol–water partition coefficient (Wildman–Crippen LogP) is 2.68. The lowest BCUT2D eigenvalue weighted by molar-refractivity contribution is -0.151. The van der Waals surface area contributed by atoms with Gasteiger partial charge in [-0.1, -0.05) is 12.2 Å². The number of allylic oxidation sites excluding steroid dienone is 2.